The van der Waals surface area contributed by atoms with E-state index < -0.39 is 0 Å². The zero-order valence-corrected chi connectivity index (χ0v) is 15.3. The Morgan fingerprint density at radius 2 is 2.07 bits per heavy atom. The van der Waals surface area contributed by atoms with Crippen LogP contribution >= 0.6 is 0 Å². The molecule has 1 fully saturated rings. The number of nitrogens with zero attached hydrogens (tertiary/aromatic N) is 4. The van der Waals surface area contributed by atoms with Gasteiger partial charge in [0, 0.05) is 31.4 Å². The fourth-order valence-electron chi connectivity index (χ4n) is 3.53. The summed E-state index contributed by atoms with van der Waals surface area (Å²) in [6.45, 7) is 3.03. The van der Waals surface area contributed by atoms with Gasteiger partial charge in [0.2, 0.25) is 5.91 Å². The number of anilines is 1. The van der Waals surface area contributed by atoms with Crippen molar-refractivity contribution in [2.45, 2.75) is 19.8 Å². The van der Waals surface area contributed by atoms with Crippen molar-refractivity contribution in [1.29, 1.82) is 0 Å². The first-order valence-electron chi connectivity index (χ1n) is 8.94. The number of piperidine rings is 1. The normalized spacial score (nSPS) is 15.3. The summed E-state index contributed by atoms with van der Waals surface area (Å²) in [6, 6.07) is 3.56. The summed E-state index contributed by atoms with van der Waals surface area (Å²) in [5.74, 6) is -0.207. The number of aromatic nitrogens is 3. The van der Waals surface area contributed by atoms with Crippen molar-refractivity contribution in [2.75, 3.05) is 18.4 Å². The highest BCUT2D eigenvalue weighted by Gasteiger charge is 2.28. The average molecular weight is 367 g/mol. The van der Waals surface area contributed by atoms with Crippen molar-refractivity contribution in [3.8, 4) is 0 Å². The van der Waals surface area contributed by atoms with Crippen molar-refractivity contribution >= 4 is 28.5 Å². The minimum absolute atomic E-state index is 0.0342. The highest BCUT2D eigenvalue weighted by Crippen LogP contribution is 2.23. The van der Waals surface area contributed by atoms with Crippen molar-refractivity contribution in [1.82, 2.24) is 19.7 Å². The topological polar surface area (TPSA) is 93.3 Å². The van der Waals surface area contributed by atoms with Crippen LogP contribution in [0.5, 0.6) is 0 Å². The number of rotatable bonds is 3. The van der Waals surface area contributed by atoms with Gasteiger partial charge in [-0.2, -0.15) is 5.10 Å². The fraction of sp³-hybridized carbons (Fsp3) is 0.368. The van der Waals surface area contributed by atoms with E-state index in [0.717, 1.165) is 16.7 Å². The maximum Gasteiger partial charge on any atom is 0.257 e. The van der Waals surface area contributed by atoms with Crippen LogP contribution in [0.2, 0.25) is 0 Å². The van der Waals surface area contributed by atoms with Gasteiger partial charge in [-0.15, -0.1) is 0 Å². The molecule has 1 N–H and O–H groups in total. The third kappa shape index (κ3) is 3.30. The van der Waals surface area contributed by atoms with Crippen molar-refractivity contribution < 1.29 is 14.0 Å². The van der Waals surface area contributed by atoms with E-state index in [0.29, 0.717) is 37.2 Å². The van der Waals surface area contributed by atoms with E-state index in [1.165, 1.54) is 12.5 Å². The molecule has 140 valence electrons. The summed E-state index contributed by atoms with van der Waals surface area (Å²) < 4.78 is 6.69. The molecule has 2 amide bonds. The molecule has 0 spiro atoms. The van der Waals surface area contributed by atoms with Gasteiger partial charge in [-0.05, 0) is 31.9 Å². The van der Waals surface area contributed by atoms with Crippen LogP contribution in [0.1, 0.15) is 28.9 Å². The van der Waals surface area contributed by atoms with Gasteiger partial charge < -0.3 is 14.6 Å². The number of furan rings is 1. The molecule has 0 unspecified atom stereocenters. The molecule has 8 nitrogen and oxygen atoms in total. The first kappa shape index (κ1) is 17.3. The largest absolute Gasteiger partial charge is 0.472 e. The van der Waals surface area contributed by atoms with E-state index in [-0.39, 0.29) is 17.7 Å². The van der Waals surface area contributed by atoms with Gasteiger partial charge in [0.15, 0.2) is 5.65 Å². The van der Waals surface area contributed by atoms with E-state index in [9.17, 15) is 9.59 Å². The minimum Gasteiger partial charge on any atom is -0.472 e. The van der Waals surface area contributed by atoms with Gasteiger partial charge >= 0.3 is 0 Å². The van der Waals surface area contributed by atoms with Crippen LogP contribution in [0, 0.1) is 12.8 Å². The molecule has 1 aliphatic heterocycles. The molecule has 8 heteroatoms. The molecule has 0 aliphatic carbocycles. The first-order valence-corrected chi connectivity index (χ1v) is 8.94. The van der Waals surface area contributed by atoms with Crippen LogP contribution in [-0.2, 0) is 11.8 Å². The van der Waals surface area contributed by atoms with Crippen LogP contribution in [0.4, 0.5) is 5.69 Å². The number of likely N-dealkylation sites (tertiary alicyclic amines) is 1. The molecule has 0 aromatic carbocycles. The number of hydrogen-bond donors (Lipinski definition) is 1. The van der Waals surface area contributed by atoms with Gasteiger partial charge in [-0.3, -0.25) is 14.3 Å². The molecule has 0 bridgehead atoms. The van der Waals surface area contributed by atoms with Gasteiger partial charge in [0.25, 0.3) is 5.91 Å². The minimum atomic E-state index is -0.121. The van der Waals surface area contributed by atoms with Crippen LogP contribution in [0.15, 0.2) is 35.3 Å². The molecule has 0 atom stereocenters. The van der Waals surface area contributed by atoms with Gasteiger partial charge in [-0.25, -0.2) is 4.98 Å². The number of hydrogen-bond acceptors (Lipinski definition) is 5. The molecular weight excluding hydrogens is 346 g/mol. The Balaban J connectivity index is 1.38. The molecule has 0 saturated carbocycles. The highest BCUT2D eigenvalue weighted by molar-refractivity contribution is 5.96. The predicted molar refractivity (Wildman–Crippen MR) is 99.2 cm³/mol. The Kier molecular flexibility index (Phi) is 4.39. The summed E-state index contributed by atoms with van der Waals surface area (Å²) in [5, 5.41) is 8.23. The first-order chi connectivity index (χ1) is 13.0. The summed E-state index contributed by atoms with van der Waals surface area (Å²) in [4.78, 5) is 31.1. The van der Waals surface area contributed by atoms with Crippen LogP contribution in [0.3, 0.4) is 0 Å². The monoisotopic (exact) mass is 367 g/mol. The average Bonchev–Trinajstić information content (AvgIpc) is 3.30. The maximum atomic E-state index is 12.6. The third-order valence-electron chi connectivity index (χ3n) is 5.05. The van der Waals surface area contributed by atoms with Crippen LogP contribution < -0.4 is 5.32 Å². The molecule has 1 aliphatic rings. The lowest BCUT2D eigenvalue weighted by molar-refractivity contribution is -0.121. The van der Waals surface area contributed by atoms with E-state index in [2.05, 4.69) is 15.4 Å². The second-order valence-electron chi connectivity index (χ2n) is 6.87. The predicted octanol–water partition coefficient (Wildman–Crippen LogP) is 2.36. The number of carbonyl (C=O) groups is 2. The quantitative estimate of drug-likeness (QED) is 0.767. The number of nitrogens with one attached hydrogen (secondary N) is 1. The lowest BCUT2D eigenvalue weighted by Crippen LogP contribution is -2.41. The number of aryl methyl sites for hydroxylation is 2. The SMILES string of the molecule is Cc1nn(C)c2ncc(NC(=O)C3CCN(C(=O)c4ccoc4)CC3)cc12. The smallest absolute Gasteiger partial charge is 0.257 e. The molecule has 0 radical (unpaired) electrons. The summed E-state index contributed by atoms with van der Waals surface area (Å²) in [7, 11) is 1.85. The Labute approximate surface area is 156 Å². The fourth-order valence-corrected chi connectivity index (χ4v) is 3.53. The summed E-state index contributed by atoms with van der Waals surface area (Å²) in [6.07, 6.45) is 5.86. The zero-order valence-electron chi connectivity index (χ0n) is 15.3. The summed E-state index contributed by atoms with van der Waals surface area (Å²) in [5.41, 5.74) is 2.88. The maximum absolute atomic E-state index is 12.6. The number of carbonyl (C=O) groups excluding carboxylic acids is 2. The zero-order chi connectivity index (χ0) is 19.0. The Morgan fingerprint density at radius 3 is 2.78 bits per heavy atom. The second kappa shape index (κ2) is 6.86. The summed E-state index contributed by atoms with van der Waals surface area (Å²) >= 11 is 0. The molecule has 27 heavy (non-hydrogen) atoms. The number of amides is 2. The molecule has 3 aromatic heterocycles. The lowest BCUT2D eigenvalue weighted by atomic mass is 9.95. The second-order valence-corrected chi connectivity index (χ2v) is 6.87. The Hall–Kier alpha value is -3.16. The molecule has 4 rings (SSSR count). The van der Waals surface area contributed by atoms with Gasteiger partial charge in [0.05, 0.1) is 29.4 Å². The van der Waals surface area contributed by atoms with Crippen molar-refractivity contribution in [2.24, 2.45) is 13.0 Å². The van der Waals surface area contributed by atoms with E-state index in [4.69, 9.17) is 4.42 Å². The molecule has 1 saturated heterocycles. The van der Waals surface area contributed by atoms with Gasteiger partial charge in [-0.1, -0.05) is 0 Å². The molecule has 3 aromatic rings. The Bertz CT molecular complexity index is 984. The highest BCUT2D eigenvalue weighted by atomic mass is 16.3. The van der Waals surface area contributed by atoms with Crippen molar-refractivity contribution in [3.63, 3.8) is 0 Å². The lowest BCUT2D eigenvalue weighted by Gasteiger charge is -2.31. The van der Waals surface area contributed by atoms with E-state index >= 15 is 0 Å². The Morgan fingerprint density at radius 1 is 1.30 bits per heavy atom. The number of fused-ring (bicyclic) bond motifs is 1. The standard InChI is InChI=1S/C19H21N5O3/c1-12-16-9-15(10-20-17(16)23(2)22-12)21-18(25)13-3-6-24(7-4-13)19(26)14-5-8-27-11-14/h5,8-11,13H,3-4,6-7H2,1-2H3,(H,21,25). The number of pyridine rings is 1. The van der Waals surface area contributed by atoms with E-state index in [1.54, 1.807) is 21.8 Å². The van der Waals surface area contributed by atoms with E-state index in [1.807, 2.05) is 20.0 Å². The van der Waals surface area contributed by atoms with Gasteiger partial charge in [0.1, 0.15) is 6.26 Å². The van der Waals surface area contributed by atoms with Crippen LogP contribution in [0.25, 0.3) is 11.0 Å². The van der Waals surface area contributed by atoms with Crippen molar-refractivity contribution in [3.05, 3.63) is 42.1 Å². The third-order valence-corrected chi connectivity index (χ3v) is 5.05. The molecular formula is C19H21N5O3. The molecule has 4 heterocycles. The van der Waals surface area contributed by atoms with Crippen LogP contribution in [-0.4, -0.2) is 44.6 Å².